The van der Waals surface area contributed by atoms with Crippen molar-refractivity contribution in [2.75, 3.05) is 0 Å². The Balaban J connectivity index is 1.58. The van der Waals surface area contributed by atoms with E-state index >= 15 is 0 Å². The lowest BCUT2D eigenvalue weighted by atomic mass is 10.1. The number of esters is 1. The van der Waals surface area contributed by atoms with Crippen LogP contribution in [0.3, 0.4) is 0 Å². The van der Waals surface area contributed by atoms with Gasteiger partial charge in [-0.25, -0.2) is 14.2 Å². The van der Waals surface area contributed by atoms with Gasteiger partial charge in [0.2, 0.25) is 5.90 Å². The number of nitrogens with zero attached hydrogens (tertiary/aromatic N) is 2. The van der Waals surface area contributed by atoms with Gasteiger partial charge in [0.05, 0.1) is 12.1 Å². The number of carbonyl (C=O) groups excluding carboxylic acids is 1. The topological polar surface area (TPSA) is 91.0 Å². The fourth-order valence-electron chi connectivity index (χ4n) is 3.27. The smallest absolute Gasteiger partial charge is 0.363 e. The molecule has 1 aliphatic heterocycles. The van der Waals surface area contributed by atoms with E-state index in [0.717, 1.165) is 18.3 Å². The third-order valence-corrected chi connectivity index (χ3v) is 6.58. The maximum Gasteiger partial charge on any atom is 0.363 e. The quantitative estimate of drug-likeness (QED) is 0.102. The molecule has 0 radical (unpaired) electrons. The minimum absolute atomic E-state index is 0.0288. The molecule has 3 aromatic carbocycles. The fourth-order valence-corrected chi connectivity index (χ4v) is 5.40. The predicted molar refractivity (Wildman–Crippen MR) is 141 cm³/mol. The highest BCUT2D eigenvalue weighted by atomic mass is 127. The SMILES string of the molecule is Cc1c(C2=N/C(=C\c3cc(I)c(OCc4ccc(F)cc4)c(I)c3)C(=O)O2)cccc1[N+](=O)[O-]. The lowest BCUT2D eigenvalue weighted by Gasteiger charge is -2.11. The Labute approximate surface area is 221 Å². The van der Waals surface area contributed by atoms with Gasteiger partial charge in [-0.2, -0.15) is 0 Å². The zero-order valence-corrected chi connectivity index (χ0v) is 21.9. The van der Waals surface area contributed by atoms with Crippen LogP contribution in [0.5, 0.6) is 5.75 Å². The third-order valence-electron chi connectivity index (χ3n) is 4.97. The molecule has 0 N–H and O–H groups in total. The highest BCUT2D eigenvalue weighted by molar-refractivity contribution is 14.1. The molecule has 0 amide bonds. The number of halogens is 3. The first kappa shape index (κ1) is 24.3. The standard InChI is InChI=1S/C24H15FI2N2O5/c1-13-17(3-2-4-21(13)29(31)32)23-28-20(24(30)34-23)11-15-9-18(26)22(19(27)10-15)33-12-14-5-7-16(25)8-6-14/h2-11H,12H2,1H3/b20-11-. The lowest BCUT2D eigenvalue weighted by molar-refractivity contribution is -0.385. The molecule has 0 fully saturated rings. The van der Waals surface area contributed by atoms with Crippen LogP contribution in [0.1, 0.15) is 22.3 Å². The second-order valence-electron chi connectivity index (χ2n) is 7.27. The molecule has 0 unspecified atom stereocenters. The number of hydrogen-bond donors (Lipinski definition) is 0. The van der Waals surface area contributed by atoms with Crippen LogP contribution >= 0.6 is 45.2 Å². The van der Waals surface area contributed by atoms with E-state index in [4.69, 9.17) is 9.47 Å². The van der Waals surface area contributed by atoms with Crippen molar-refractivity contribution in [1.82, 2.24) is 0 Å². The number of ether oxygens (including phenoxy) is 2. The molecule has 172 valence electrons. The number of nitro groups is 1. The van der Waals surface area contributed by atoms with Crippen molar-refractivity contribution in [1.29, 1.82) is 0 Å². The molecule has 1 aliphatic rings. The molecule has 10 heteroatoms. The number of nitro benzene ring substituents is 1. The summed E-state index contributed by atoms with van der Waals surface area (Å²) in [5, 5.41) is 11.2. The van der Waals surface area contributed by atoms with E-state index in [1.165, 1.54) is 24.3 Å². The van der Waals surface area contributed by atoms with Gasteiger partial charge < -0.3 is 9.47 Å². The number of cyclic esters (lactones) is 1. The Morgan fingerprint density at radius 2 is 1.82 bits per heavy atom. The summed E-state index contributed by atoms with van der Waals surface area (Å²) in [6, 6.07) is 14.3. The Morgan fingerprint density at radius 1 is 1.15 bits per heavy atom. The zero-order chi connectivity index (χ0) is 24.4. The summed E-state index contributed by atoms with van der Waals surface area (Å²) in [6.45, 7) is 1.87. The van der Waals surface area contributed by atoms with Crippen LogP contribution in [0.25, 0.3) is 6.08 Å². The van der Waals surface area contributed by atoms with Crippen LogP contribution in [-0.4, -0.2) is 16.8 Å². The largest absolute Gasteiger partial charge is 0.487 e. The molecule has 1 heterocycles. The van der Waals surface area contributed by atoms with Crippen LogP contribution < -0.4 is 4.74 Å². The summed E-state index contributed by atoms with van der Waals surface area (Å²) in [5.41, 5.74) is 2.33. The molecule has 0 spiro atoms. The van der Waals surface area contributed by atoms with Gasteiger partial charge >= 0.3 is 5.97 Å². The van der Waals surface area contributed by atoms with Gasteiger partial charge in [-0.1, -0.05) is 18.2 Å². The molecular weight excluding hydrogens is 669 g/mol. The van der Waals surface area contributed by atoms with E-state index in [9.17, 15) is 19.3 Å². The van der Waals surface area contributed by atoms with Gasteiger partial charge in [-0.15, -0.1) is 0 Å². The van der Waals surface area contributed by atoms with Crippen LogP contribution in [0, 0.1) is 30.0 Å². The normalized spacial score (nSPS) is 14.2. The Bertz CT molecular complexity index is 1350. The van der Waals surface area contributed by atoms with Crippen LogP contribution in [0.2, 0.25) is 0 Å². The number of benzene rings is 3. The summed E-state index contributed by atoms with van der Waals surface area (Å²) in [7, 11) is 0. The highest BCUT2D eigenvalue weighted by Crippen LogP contribution is 2.32. The van der Waals surface area contributed by atoms with Crippen molar-refractivity contribution in [2.24, 2.45) is 4.99 Å². The number of aliphatic imine (C=N–C) groups is 1. The van der Waals surface area contributed by atoms with E-state index < -0.39 is 10.9 Å². The lowest BCUT2D eigenvalue weighted by Crippen LogP contribution is -2.08. The molecule has 0 aromatic heterocycles. The second kappa shape index (κ2) is 10.2. The number of hydrogen-bond acceptors (Lipinski definition) is 6. The summed E-state index contributed by atoms with van der Waals surface area (Å²) in [5.74, 6) is -0.232. The number of rotatable bonds is 6. The zero-order valence-electron chi connectivity index (χ0n) is 17.6. The molecule has 3 aromatic rings. The third kappa shape index (κ3) is 5.27. The molecule has 7 nitrogen and oxygen atoms in total. The molecular formula is C24H15FI2N2O5. The molecule has 0 saturated heterocycles. The summed E-state index contributed by atoms with van der Waals surface area (Å²) in [4.78, 5) is 27.4. The van der Waals surface area contributed by atoms with Gasteiger partial charge in [0.1, 0.15) is 18.2 Å². The molecule has 0 saturated carbocycles. The number of carbonyl (C=O) groups is 1. The summed E-state index contributed by atoms with van der Waals surface area (Å²) >= 11 is 4.29. The maximum absolute atomic E-state index is 13.1. The molecule has 34 heavy (non-hydrogen) atoms. The average molecular weight is 684 g/mol. The van der Waals surface area contributed by atoms with Gasteiger partial charge in [0.25, 0.3) is 5.69 Å². The first-order valence-electron chi connectivity index (χ1n) is 9.86. The molecule has 0 atom stereocenters. The highest BCUT2D eigenvalue weighted by Gasteiger charge is 2.27. The summed E-state index contributed by atoms with van der Waals surface area (Å²) < 4.78 is 26.0. The van der Waals surface area contributed by atoms with E-state index in [1.807, 2.05) is 12.1 Å². The second-order valence-corrected chi connectivity index (χ2v) is 9.60. The van der Waals surface area contributed by atoms with Crippen molar-refractivity contribution >= 4 is 68.8 Å². The fraction of sp³-hybridized carbons (Fsp3) is 0.0833. The first-order valence-corrected chi connectivity index (χ1v) is 12.0. The van der Waals surface area contributed by atoms with Crippen molar-refractivity contribution in [2.45, 2.75) is 13.5 Å². The monoisotopic (exact) mass is 684 g/mol. The van der Waals surface area contributed by atoms with E-state index in [0.29, 0.717) is 16.9 Å². The van der Waals surface area contributed by atoms with Crippen LogP contribution in [0.4, 0.5) is 10.1 Å². The van der Waals surface area contributed by atoms with Crippen molar-refractivity contribution in [3.05, 3.63) is 106 Å². The van der Waals surface area contributed by atoms with E-state index in [2.05, 4.69) is 50.2 Å². The first-order chi connectivity index (χ1) is 16.2. The minimum Gasteiger partial charge on any atom is -0.487 e. The van der Waals surface area contributed by atoms with E-state index in [-0.39, 0.29) is 29.7 Å². The molecule has 4 rings (SSSR count). The Morgan fingerprint density at radius 3 is 2.47 bits per heavy atom. The van der Waals surface area contributed by atoms with Gasteiger partial charge in [-0.3, -0.25) is 10.1 Å². The Hall–Kier alpha value is -2.87. The molecule has 0 bridgehead atoms. The van der Waals surface area contributed by atoms with Gasteiger partial charge in [-0.05, 0) is 99.6 Å². The average Bonchev–Trinajstić information content (AvgIpc) is 3.14. The van der Waals surface area contributed by atoms with Gasteiger partial charge in [0, 0.05) is 17.2 Å². The minimum atomic E-state index is -0.637. The van der Waals surface area contributed by atoms with Crippen LogP contribution in [0.15, 0.2) is 65.3 Å². The molecule has 0 aliphatic carbocycles. The summed E-state index contributed by atoms with van der Waals surface area (Å²) in [6.07, 6.45) is 1.59. The van der Waals surface area contributed by atoms with E-state index in [1.54, 1.807) is 31.2 Å². The van der Waals surface area contributed by atoms with Gasteiger partial charge in [0.15, 0.2) is 5.70 Å². The van der Waals surface area contributed by atoms with Crippen molar-refractivity contribution in [3.63, 3.8) is 0 Å². The maximum atomic E-state index is 13.1. The van der Waals surface area contributed by atoms with Crippen molar-refractivity contribution < 1.29 is 23.6 Å². The Kier molecular flexibility index (Phi) is 7.26. The predicted octanol–water partition coefficient (Wildman–Crippen LogP) is 6.18. The van der Waals surface area contributed by atoms with Crippen molar-refractivity contribution in [3.8, 4) is 5.75 Å². The van der Waals surface area contributed by atoms with Crippen LogP contribution in [-0.2, 0) is 16.1 Å².